The predicted molar refractivity (Wildman–Crippen MR) is 99.2 cm³/mol. The Morgan fingerprint density at radius 2 is 1.69 bits per heavy atom. The molecule has 0 heterocycles. The lowest BCUT2D eigenvalue weighted by Gasteiger charge is -2.14. The summed E-state index contributed by atoms with van der Waals surface area (Å²) in [5.74, 6) is -2.30. The summed E-state index contributed by atoms with van der Waals surface area (Å²) in [5.41, 5.74) is -0.891. The van der Waals surface area contributed by atoms with Crippen LogP contribution in [0.4, 0.5) is 18.9 Å². The molecule has 2 aromatic rings. The lowest BCUT2D eigenvalue weighted by Crippen LogP contribution is -2.33. The van der Waals surface area contributed by atoms with E-state index in [1.165, 1.54) is 6.07 Å². The molecule has 154 valence electrons. The number of ether oxygens (including phenoxy) is 1. The number of alkyl halides is 3. The highest BCUT2D eigenvalue weighted by atomic mass is 35.5. The highest BCUT2D eigenvalue weighted by molar-refractivity contribution is 6.30. The summed E-state index contributed by atoms with van der Waals surface area (Å²) in [6.45, 7) is -1.29. The van der Waals surface area contributed by atoms with Gasteiger partial charge >= 0.3 is 12.1 Å². The Labute approximate surface area is 169 Å². The fourth-order valence-electron chi connectivity index (χ4n) is 2.26. The van der Waals surface area contributed by atoms with Gasteiger partial charge in [0.05, 0.1) is 17.7 Å². The summed E-state index contributed by atoms with van der Waals surface area (Å²) in [4.78, 5) is 35.1. The van der Waals surface area contributed by atoms with Gasteiger partial charge in [-0.25, -0.2) is 0 Å². The van der Waals surface area contributed by atoms with Crippen LogP contribution in [-0.4, -0.2) is 30.9 Å². The molecule has 0 aliphatic heterocycles. The van der Waals surface area contributed by atoms with E-state index >= 15 is 0 Å². The van der Waals surface area contributed by atoms with Crippen molar-refractivity contribution in [3.63, 3.8) is 0 Å². The zero-order valence-electron chi connectivity index (χ0n) is 14.9. The Balaban J connectivity index is 1.79. The molecule has 10 heteroatoms. The molecule has 2 rings (SSSR count). The first-order chi connectivity index (χ1) is 13.6. The van der Waals surface area contributed by atoms with E-state index in [1.54, 1.807) is 30.3 Å². The van der Waals surface area contributed by atoms with Crippen LogP contribution in [-0.2, 0) is 31.7 Å². The summed E-state index contributed by atoms with van der Waals surface area (Å²) >= 11 is 5.56. The maximum Gasteiger partial charge on any atom is 0.418 e. The third kappa shape index (κ3) is 7.46. The van der Waals surface area contributed by atoms with E-state index in [4.69, 9.17) is 11.6 Å². The van der Waals surface area contributed by atoms with Gasteiger partial charge < -0.3 is 15.4 Å². The fraction of sp³-hybridized carbons (Fsp3) is 0.211. The van der Waals surface area contributed by atoms with E-state index in [9.17, 15) is 27.6 Å². The van der Waals surface area contributed by atoms with Gasteiger partial charge in [-0.2, -0.15) is 13.2 Å². The molecule has 2 N–H and O–H groups in total. The highest BCUT2D eigenvalue weighted by Crippen LogP contribution is 2.36. The van der Waals surface area contributed by atoms with Crippen LogP contribution in [0.5, 0.6) is 0 Å². The van der Waals surface area contributed by atoms with Crippen molar-refractivity contribution >= 4 is 35.1 Å². The van der Waals surface area contributed by atoms with E-state index in [0.29, 0.717) is 6.07 Å². The first-order valence-corrected chi connectivity index (χ1v) is 8.66. The van der Waals surface area contributed by atoms with Crippen LogP contribution in [0.25, 0.3) is 0 Å². The average Bonchev–Trinajstić information content (AvgIpc) is 2.66. The normalized spacial score (nSPS) is 10.9. The molecular formula is C19H16ClF3N2O4. The molecular weight excluding hydrogens is 413 g/mol. The standard InChI is InChI=1S/C19H16ClF3N2O4/c20-13-6-7-15(14(9-13)19(21,22)23)25-17(27)11-29-18(28)10-24-16(26)8-12-4-2-1-3-5-12/h1-7,9H,8,10-11H2,(H,24,26)(H,25,27). The van der Waals surface area contributed by atoms with Crippen LogP contribution in [0.1, 0.15) is 11.1 Å². The lowest BCUT2D eigenvalue weighted by molar-refractivity contribution is -0.147. The van der Waals surface area contributed by atoms with E-state index in [1.807, 2.05) is 5.32 Å². The second kappa shape index (κ2) is 9.92. The molecule has 0 aliphatic carbocycles. The highest BCUT2D eigenvalue weighted by Gasteiger charge is 2.34. The summed E-state index contributed by atoms with van der Waals surface area (Å²) in [6, 6.07) is 11.7. The summed E-state index contributed by atoms with van der Waals surface area (Å²) in [6.07, 6.45) is -4.67. The van der Waals surface area contributed by atoms with Gasteiger partial charge in [-0.3, -0.25) is 14.4 Å². The monoisotopic (exact) mass is 428 g/mol. The number of halogens is 4. The third-order valence-corrected chi connectivity index (χ3v) is 3.80. The molecule has 0 fully saturated rings. The van der Waals surface area contributed by atoms with Gasteiger partial charge in [-0.1, -0.05) is 41.9 Å². The number of nitrogens with one attached hydrogen (secondary N) is 2. The van der Waals surface area contributed by atoms with Crippen molar-refractivity contribution in [3.8, 4) is 0 Å². The van der Waals surface area contributed by atoms with Gasteiger partial charge in [0.15, 0.2) is 6.61 Å². The number of amides is 2. The molecule has 0 aromatic heterocycles. The number of carbonyl (C=O) groups excluding carboxylic acids is 3. The quantitative estimate of drug-likeness (QED) is 0.663. The number of hydrogen-bond donors (Lipinski definition) is 2. The summed E-state index contributed by atoms with van der Waals surface area (Å²) in [5, 5.41) is 4.20. The van der Waals surface area contributed by atoms with Gasteiger partial charge in [-0.05, 0) is 23.8 Å². The van der Waals surface area contributed by atoms with Crippen molar-refractivity contribution in [2.75, 3.05) is 18.5 Å². The largest absolute Gasteiger partial charge is 0.454 e. The molecule has 0 radical (unpaired) electrons. The van der Waals surface area contributed by atoms with Gasteiger partial charge in [0.2, 0.25) is 5.91 Å². The molecule has 0 aliphatic rings. The second-order valence-corrected chi connectivity index (χ2v) is 6.27. The number of esters is 1. The zero-order valence-corrected chi connectivity index (χ0v) is 15.6. The van der Waals surface area contributed by atoms with E-state index in [-0.39, 0.29) is 11.4 Å². The van der Waals surface area contributed by atoms with Crippen molar-refractivity contribution in [3.05, 3.63) is 64.7 Å². The number of benzene rings is 2. The Hall–Kier alpha value is -3.07. The van der Waals surface area contributed by atoms with E-state index in [0.717, 1.165) is 11.6 Å². The first-order valence-electron chi connectivity index (χ1n) is 8.28. The molecule has 29 heavy (non-hydrogen) atoms. The maximum absolute atomic E-state index is 13.0. The van der Waals surface area contributed by atoms with Crippen LogP contribution in [0.2, 0.25) is 5.02 Å². The zero-order chi connectivity index (χ0) is 21.4. The van der Waals surface area contributed by atoms with Crippen LogP contribution in [0, 0.1) is 0 Å². The Kier molecular flexibility index (Phi) is 7.60. The smallest absolute Gasteiger partial charge is 0.418 e. The van der Waals surface area contributed by atoms with Gasteiger partial charge in [0.25, 0.3) is 5.91 Å². The van der Waals surface area contributed by atoms with E-state index in [2.05, 4.69) is 10.1 Å². The van der Waals surface area contributed by atoms with Crippen molar-refractivity contribution in [2.45, 2.75) is 12.6 Å². The number of rotatable bonds is 7. The summed E-state index contributed by atoms with van der Waals surface area (Å²) < 4.78 is 43.6. The van der Waals surface area contributed by atoms with Crippen LogP contribution < -0.4 is 10.6 Å². The molecule has 2 amide bonds. The van der Waals surface area contributed by atoms with Crippen molar-refractivity contribution < 1.29 is 32.3 Å². The van der Waals surface area contributed by atoms with Crippen molar-refractivity contribution in [2.24, 2.45) is 0 Å². The van der Waals surface area contributed by atoms with Gasteiger partial charge in [0.1, 0.15) is 6.54 Å². The lowest BCUT2D eigenvalue weighted by atomic mass is 10.1. The molecule has 0 bridgehead atoms. The topological polar surface area (TPSA) is 84.5 Å². The molecule has 2 aromatic carbocycles. The van der Waals surface area contributed by atoms with Crippen molar-refractivity contribution in [1.29, 1.82) is 0 Å². The van der Waals surface area contributed by atoms with Crippen LogP contribution >= 0.6 is 11.6 Å². The minimum atomic E-state index is -4.73. The minimum Gasteiger partial charge on any atom is -0.454 e. The van der Waals surface area contributed by atoms with Crippen LogP contribution in [0.3, 0.4) is 0 Å². The third-order valence-electron chi connectivity index (χ3n) is 3.56. The SMILES string of the molecule is O=C(Cc1ccccc1)NCC(=O)OCC(=O)Nc1ccc(Cl)cc1C(F)(F)F. The minimum absolute atomic E-state index is 0.0609. The van der Waals surface area contributed by atoms with Crippen LogP contribution in [0.15, 0.2) is 48.5 Å². The Morgan fingerprint density at radius 1 is 1.00 bits per heavy atom. The number of anilines is 1. The van der Waals surface area contributed by atoms with Crippen molar-refractivity contribution in [1.82, 2.24) is 5.32 Å². The fourth-order valence-corrected chi connectivity index (χ4v) is 2.43. The van der Waals surface area contributed by atoms with E-state index < -0.39 is 48.4 Å². The van der Waals surface area contributed by atoms with Gasteiger partial charge in [-0.15, -0.1) is 0 Å². The Morgan fingerprint density at radius 3 is 2.34 bits per heavy atom. The first kappa shape index (κ1) is 22.2. The molecule has 0 spiro atoms. The maximum atomic E-state index is 13.0. The second-order valence-electron chi connectivity index (χ2n) is 5.84. The predicted octanol–water partition coefficient (Wildman–Crippen LogP) is 3.20. The molecule has 0 atom stereocenters. The summed E-state index contributed by atoms with van der Waals surface area (Å²) in [7, 11) is 0. The average molecular weight is 429 g/mol. The Bertz CT molecular complexity index is 889. The molecule has 0 saturated carbocycles. The number of hydrogen-bond acceptors (Lipinski definition) is 4. The van der Waals surface area contributed by atoms with Gasteiger partial charge in [0, 0.05) is 5.02 Å². The molecule has 6 nitrogen and oxygen atoms in total. The molecule has 0 unspecified atom stereocenters. The number of carbonyl (C=O) groups is 3. The molecule has 0 saturated heterocycles.